The molecule has 0 spiro atoms. The van der Waals surface area contributed by atoms with Gasteiger partial charge in [-0.05, 0) is 31.0 Å². The van der Waals surface area contributed by atoms with Crippen LogP contribution in [0, 0.1) is 0 Å². The van der Waals surface area contributed by atoms with Gasteiger partial charge in [0.05, 0.1) is 5.69 Å². The molecule has 0 aliphatic heterocycles. The fraction of sp³-hybridized carbons (Fsp3) is 0.400. The van der Waals surface area contributed by atoms with Crippen molar-refractivity contribution in [1.29, 1.82) is 0 Å². The summed E-state index contributed by atoms with van der Waals surface area (Å²) in [4.78, 5) is 0. The molecule has 2 aromatic rings. The second-order valence-electron chi connectivity index (χ2n) is 4.86. The van der Waals surface area contributed by atoms with Gasteiger partial charge in [0.2, 0.25) is 0 Å². The number of benzene rings is 1. The largest absolute Gasteiger partial charge is 0.487 e. The molecule has 108 valence electrons. The van der Waals surface area contributed by atoms with Crippen molar-refractivity contribution in [3.8, 4) is 5.75 Å². The first-order valence-corrected chi connectivity index (χ1v) is 7.12. The maximum atomic E-state index is 6.26. The Morgan fingerprint density at radius 2 is 2.20 bits per heavy atom. The standard InChI is InChI=1S/C15H20ClN3O/c1-3-11(17)9-13-14(16)5-4-6-15(13)20-10-12-7-8-19(2)18-12/h4-8,11H,3,9-10,17H2,1-2H3. The minimum Gasteiger partial charge on any atom is -0.487 e. The third-order valence-corrected chi connectivity index (χ3v) is 3.57. The van der Waals surface area contributed by atoms with Crippen LogP contribution in [0.15, 0.2) is 30.5 Å². The number of rotatable bonds is 6. The van der Waals surface area contributed by atoms with Crippen molar-refractivity contribution in [2.45, 2.75) is 32.4 Å². The van der Waals surface area contributed by atoms with Crippen LogP contribution in [0.5, 0.6) is 5.75 Å². The smallest absolute Gasteiger partial charge is 0.132 e. The zero-order valence-corrected chi connectivity index (χ0v) is 12.6. The molecule has 0 fully saturated rings. The SMILES string of the molecule is CCC(N)Cc1c(Cl)cccc1OCc1ccn(C)n1. The van der Waals surface area contributed by atoms with E-state index < -0.39 is 0 Å². The number of aromatic nitrogens is 2. The van der Waals surface area contributed by atoms with Crippen LogP contribution >= 0.6 is 11.6 Å². The van der Waals surface area contributed by atoms with Gasteiger partial charge in [-0.1, -0.05) is 24.6 Å². The Morgan fingerprint density at radius 1 is 1.40 bits per heavy atom. The summed E-state index contributed by atoms with van der Waals surface area (Å²) < 4.78 is 7.60. The Bertz CT molecular complexity index is 568. The van der Waals surface area contributed by atoms with E-state index in [0.29, 0.717) is 18.1 Å². The van der Waals surface area contributed by atoms with E-state index in [-0.39, 0.29) is 6.04 Å². The van der Waals surface area contributed by atoms with Gasteiger partial charge in [0, 0.05) is 29.9 Å². The molecule has 0 aliphatic carbocycles. The summed E-state index contributed by atoms with van der Waals surface area (Å²) >= 11 is 6.26. The summed E-state index contributed by atoms with van der Waals surface area (Å²) in [5.41, 5.74) is 7.88. The molecule has 4 nitrogen and oxygen atoms in total. The van der Waals surface area contributed by atoms with Gasteiger partial charge < -0.3 is 10.5 Å². The first-order valence-electron chi connectivity index (χ1n) is 6.74. The Hall–Kier alpha value is -1.52. The van der Waals surface area contributed by atoms with E-state index in [0.717, 1.165) is 23.4 Å². The summed E-state index contributed by atoms with van der Waals surface area (Å²) in [6.07, 6.45) is 3.52. The molecule has 1 heterocycles. The molecule has 1 aromatic carbocycles. The molecule has 1 unspecified atom stereocenters. The summed E-state index contributed by atoms with van der Waals surface area (Å²) in [5, 5.41) is 4.99. The monoisotopic (exact) mass is 293 g/mol. The first kappa shape index (κ1) is 14.9. The van der Waals surface area contributed by atoms with Crippen LogP contribution in [0.3, 0.4) is 0 Å². The predicted octanol–water partition coefficient (Wildman–Crippen LogP) is 2.93. The average molecular weight is 294 g/mol. The lowest BCUT2D eigenvalue weighted by Gasteiger charge is -2.15. The van der Waals surface area contributed by atoms with Crippen molar-refractivity contribution in [3.05, 3.63) is 46.7 Å². The highest BCUT2D eigenvalue weighted by molar-refractivity contribution is 6.31. The molecule has 0 saturated heterocycles. The molecule has 1 atom stereocenters. The van der Waals surface area contributed by atoms with E-state index in [1.54, 1.807) is 4.68 Å². The zero-order valence-electron chi connectivity index (χ0n) is 11.8. The van der Waals surface area contributed by atoms with E-state index in [9.17, 15) is 0 Å². The summed E-state index contributed by atoms with van der Waals surface area (Å²) in [6.45, 7) is 2.49. The van der Waals surface area contributed by atoms with Crippen LogP contribution in [-0.4, -0.2) is 15.8 Å². The Morgan fingerprint density at radius 3 is 2.85 bits per heavy atom. The number of nitrogens with zero attached hydrogens (tertiary/aromatic N) is 2. The molecular weight excluding hydrogens is 274 g/mol. The van der Waals surface area contributed by atoms with Crippen molar-refractivity contribution in [1.82, 2.24) is 9.78 Å². The summed E-state index contributed by atoms with van der Waals surface area (Å²) in [5.74, 6) is 0.784. The van der Waals surface area contributed by atoms with Crippen LogP contribution < -0.4 is 10.5 Å². The highest BCUT2D eigenvalue weighted by atomic mass is 35.5. The van der Waals surface area contributed by atoms with Crippen molar-refractivity contribution in [2.75, 3.05) is 0 Å². The van der Waals surface area contributed by atoms with E-state index in [2.05, 4.69) is 12.0 Å². The van der Waals surface area contributed by atoms with Crippen LogP contribution in [0.4, 0.5) is 0 Å². The lowest BCUT2D eigenvalue weighted by atomic mass is 10.0. The van der Waals surface area contributed by atoms with Gasteiger partial charge in [-0.3, -0.25) is 4.68 Å². The number of halogens is 1. The maximum Gasteiger partial charge on any atom is 0.132 e. The van der Waals surface area contributed by atoms with Gasteiger partial charge in [-0.15, -0.1) is 0 Å². The molecule has 5 heteroatoms. The van der Waals surface area contributed by atoms with Crippen LogP contribution in [0.25, 0.3) is 0 Å². The normalized spacial score (nSPS) is 12.4. The number of aryl methyl sites for hydroxylation is 1. The maximum absolute atomic E-state index is 6.26. The lowest BCUT2D eigenvalue weighted by molar-refractivity contribution is 0.296. The van der Waals surface area contributed by atoms with Gasteiger partial charge in [0.25, 0.3) is 0 Å². The van der Waals surface area contributed by atoms with Crippen molar-refractivity contribution in [3.63, 3.8) is 0 Å². The molecule has 20 heavy (non-hydrogen) atoms. The molecule has 0 amide bonds. The molecule has 0 bridgehead atoms. The van der Waals surface area contributed by atoms with Gasteiger partial charge in [0.1, 0.15) is 12.4 Å². The highest BCUT2D eigenvalue weighted by Gasteiger charge is 2.12. The minimum absolute atomic E-state index is 0.0899. The van der Waals surface area contributed by atoms with E-state index >= 15 is 0 Å². The molecule has 2 rings (SSSR count). The van der Waals surface area contributed by atoms with Crippen molar-refractivity contribution < 1.29 is 4.74 Å². The van der Waals surface area contributed by atoms with Gasteiger partial charge in [-0.2, -0.15) is 5.10 Å². The number of hydrogen-bond donors (Lipinski definition) is 1. The second kappa shape index (κ2) is 6.77. The highest BCUT2D eigenvalue weighted by Crippen LogP contribution is 2.28. The topological polar surface area (TPSA) is 53.1 Å². The summed E-state index contributed by atoms with van der Waals surface area (Å²) in [6, 6.07) is 7.70. The van der Waals surface area contributed by atoms with Crippen LogP contribution in [0.1, 0.15) is 24.6 Å². The predicted molar refractivity (Wildman–Crippen MR) is 81.0 cm³/mol. The van der Waals surface area contributed by atoms with E-state index in [1.165, 1.54) is 0 Å². The summed E-state index contributed by atoms with van der Waals surface area (Å²) in [7, 11) is 1.88. The molecular formula is C15H20ClN3O. The number of nitrogens with two attached hydrogens (primary N) is 1. The third-order valence-electron chi connectivity index (χ3n) is 3.21. The first-order chi connectivity index (χ1) is 9.60. The lowest BCUT2D eigenvalue weighted by Crippen LogP contribution is -2.22. The Balaban J connectivity index is 2.12. The quantitative estimate of drug-likeness (QED) is 0.891. The van der Waals surface area contributed by atoms with Gasteiger partial charge in [0.15, 0.2) is 0 Å². The van der Waals surface area contributed by atoms with E-state index in [4.69, 9.17) is 22.1 Å². The van der Waals surface area contributed by atoms with Gasteiger partial charge >= 0.3 is 0 Å². The fourth-order valence-electron chi connectivity index (χ4n) is 1.97. The van der Waals surface area contributed by atoms with Crippen LogP contribution in [0.2, 0.25) is 5.02 Å². The van der Waals surface area contributed by atoms with Crippen LogP contribution in [-0.2, 0) is 20.1 Å². The van der Waals surface area contributed by atoms with Crippen molar-refractivity contribution >= 4 is 11.6 Å². The molecule has 0 aliphatic rings. The third kappa shape index (κ3) is 3.74. The minimum atomic E-state index is 0.0899. The molecule has 2 N–H and O–H groups in total. The molecule has 0 saturated carbocycles. The van der Waals surface area contributed by atoms with Gasteiger partial charge in [-0.25, -0.2) is 0 Å². The number of ether oxygens (including phenoxy) is 1. The molecule has 0 radical (unpaired) electrons. The average Bonchev–Trinajstić information content (AvgIpc) is 2.85. The second-order valence-corrected chi connectivity index (χ2v) is 5.27. The van der Waals surface area contributed by atoms with Crippen molar-refractivity contribution in [2.24, 2.45) is 12.8 Å². The fourth-order valence-corrected chi connectivity index (χ4v) is 2.21. The Kier molecular flexibility index (Phi) is 5.04. The number of hydrogen-bond acceptors (Lipinski definition) is 3. The zero-order chi connectivity index (χ0) is 14.5. The molecule has 1 aromatic heterocycles. The van der Waals surface area contributed by atoms with E-state index in [1.807, 2.05) is 37.5 Å². The Labute approximate surface area is 124 Å².